The number of rotatable bonds is 8. The van der Waals surface area contributed by atoms with Gasteiger partial charge in [0.25, 0.3) is 10.1 Å². The van der Waals surface area contributed by atoms with Gasteiger partial charge in [0.15, 0.2) is 0 Å². The summed E-state index contributed by atoms with van der Waals surface area (Å²) in [5.74, 6) is 0.144. The van der Waals surface area contributed by atoms with Crippen LogP contribution in [0.2, 0.25) is 0 Å². The molecule has 0 aliphatic rings. The lowest BCUT2D eigenvalue weighted by Crippen LogP contribution is -2.30. The van der Waals surface area contributed by atoms with E-state index in [-0.39, 0.29) is 16.7 Å². The van der Waals surface area contributed by atoms with Crippen LogP contribution in [0.3, 0.4) is 0 Å². The van der Waals surface area contributed by atoms with Crippen LogP contribution in [0.15, 0.2) is 53.4 Å². The quantitative estimate of drug-likeness (QED) is 0.717. The summed E-state index contributed by atoms with van der Waals surface area (Å²) in [5, 5.41) is 3.42. The van der Waals surface area contributed by atoms with Crippen LogP contribution in [-0.4, -0.2) is 32.7 Å². The molecule has 2 aromatic rings. The molecule has 0 heterocycles. The summed E-state index contributed by atoms with van der Waals surface area (Å²) < 4.78 is 37.2. The Labute approximate surface area is 143 Å². The van der Waals surface area contributed by atoms with E-state index < -0.39 is 10.1 Å². The minimum atomic E-state index is -4.30. The molecule has 0 amide bonds. The molecule has 0 bridgehead atoms. The minimum absolute atomic E-state index is 0.144. The third-order valence-electron chi connectivity index (χ3n) is 3.80. The molecule has 5 nitrogen and oxygen atoms in total. The zero-order valence-electron chi connectivity index (χ0n) is 13.9. The number of benzene rings is 2. The van der Waals surface area contributed by atoms with Gasteiger partial charge in [-0.3, -0.25) is 4.55 Å². The SMILES string of the molecule is COc1ccc(C[C@@H](C)NCCc2ccccc2)cc1S(=O)(=O)O. The molecule has 0 radical (unpaired) electrons. The number of hydrogen-bond acceptors (Lipinski definition) is 4. The van der Waals surface area contributed by atoms with Crippen molar-refractivity contribution in [3.63, 3.8) is 0 Å². The van der Waals surface area contributed by atoms with E-state index >= 15 is 0 Å². The third-order valence-corrected chi connectivity index (χ3v) is 4.67. The third kappa shape index (κ3) is 5.33. The van der Waals surface area contributed by atoms with Crippen LogP contribution in [0.5, 0.6) is 5.75 Å². The fourth-order valence-corrected chi connectivity index (χ4v) is 3.29. The van der Waals surface area contributed by atoms with E-state index in [1.165, 1.54) is 18.7 Å². The van der Waals surface area contributed by atoms with Gasteiger partial charge in [-0.1, -0.05) is 36.4 Å². The van der Waals surface area contributed by atoms with Crippen molar-refractivity contribution in [1.29, 1.82) is 0 Å². The van der Waals surface area contributed by atoms with Crippen LogP contribution in [0.1, 0.15) is 18.1 Å². The van der Waals surface area contributed by atoms with Crippen LogP contribution < -0.4 is 10.1 Å². The fraction of sp³-hybridized carbons (Fsp3) is 0.333. The van der Waals surface area contributed by atoms with Gasteiger partial charge in [0.2, 0.25) is 0 Å². The van der Waals surface area contributed by atoms with Crippen molar-refractivity contribution in [2.45, 2.75) is 30.7 Å². The Kier molecular flexibility index (Phi) is 6.36. The predicted octanol–water partition coefficient (Wildman–Crippen LogP) is 2.71. The van der Waals surface area contributed by atoms with Crippen molar-refractivity contribution >= 4 is 10.1 Å². The molecule has 0 spiro atoms. The van der Waals surface area contributed by atoms with E-state index in [2.05, 4.69) is 17.4 Å². The largest absolute Gasteiger partial charge is 0.495 e. The average Bonchev–Trinajstić information content (AvgIpc) is 2.55. The molecular formula is C18H23NO4S. The molecular weight excluding hydrogens is 326 g/mol. The summed E-state index contributed by atoms with van der Waals surface area (Å²) in [6.07, 6.45) is 1.59. The van der Waals surface area contributed by atoms with Crippen molar-refractivity contribution in [3.8, 4) is 5.75 Å². The Morgan fingerprint density at radius 1 is 1.12 bits per heavy atom. The van der Waals surface area contributed by atoms with Crippen molar-refractivity contribution in [2.75, 3.05) is 13.7 Å². The van der Waals surface area contributed by atoms with Crippen molar-refractivity contribution in [3.05, 3.63) is 59.7 Å². The summed E-state index contributed by atoms with van der Waals surface area (Å²) in [5.41, 5.74) is 2.10. The molecule has 130 valence electrons. The highest BCUT2D eigenvalue weighted by molar-refractivity contribution is 7.86. The standard InChI is InChI=1S/C18H23NO4S/c1-14(19-11-10-15-6-4-3-5-7-15)12-16-8-9-17(23-2)18(13-16)24(20,21)22/h3-9,13-14,19H,10-12H2,1-2H3,(H,20,21,22)/t14-/m1/s1. The van der Waals surface area contributed by atoms with Gasteiger partial charge >= 0.3 is 0 Å². The Morgan fingerprint density at radius 2 is 1.83 bits per heavy atom. The Morgan fingerprint density at radius 3 is 2.46 bits per heavy atom. The highest BCUT2D eigenvalue weighted by Gasteiger charge is 2.17. The van der Waals surface area contributed by atoms with Crippen molar-refractivity contribution in [2.24, 2.45) is 0 Å². The second kappa shape index (κ2) is 8.28. The first-order chi connectivity index (χ1) is 11.4. The lowest BCUT2D eigenvalue weighted by molar-refractivity contribution is 0.397. The van der Waals surface area contributed by atoms with Gasteiger partial charge in [-0.2, -0.15) is 8.42 Å². The molecule has 0 unspecified atom stereocenters. The smallest absolute Gasteiger partial charge is 0.298 e. The Balaban J connectivity index is 1.95. The molecule has 2 N–H and O–H groups in total. The number of nitrogens with one attached hydrogen (secondary N) is 1. The molecule has 2 aromatic carbocycles. The topological polar surface area (TPSA) is 75.6 Å². The second-order valence-electron chi connectivity index (χ2n) is 5.76. The molecule has 0 fully saturated rings. The van der Waals surface area contributed by atoms with Gasteiger partial charge in [-0.25, -0.2) is 0 Å². The summed E-state index contributed by atoms with van der Waals surface area (Å²) in [6.45, 7) is 2.88. The summed E-state index contributed by atoms with van der Waals surface area (Å²) >= 11 is 0. The average molecular weight is 349 g/mol. The van der Waals surface area contributed by atoms with Crippen LogP contribution in [0.4, 0.5) is 0 Å². The minimum Gasteiger partial charge on any atom is -0.495 e. The van der Waals surface area contributed by atoms with E-state index in [1.54, 1.807) is 6.07 Å². The molecule has 1 atom stereocenters. The van der Waals surface area contributed by atoms with E-state index in [0.29, 0.717) is 6.42 Å². The first kappa shape index (κ1) is 18.4. The highest BCUT2D eigenvalue weighted by atomic mass is 32.2. The van der Waals surface area contributed by atoms with Crippen molar-refractivity contribution < 1.29 is 17.7 Å². The molecule has 0 saturated heterocycles. The van der Waals surface area contributed by atoms with Gasteiger partial charge in [-0.05, 0) is 49.6 Å². The van der Waals surface area contributed by atoms with E-state index in [1.807, 2.05) is 31.2 Å². The van der Waals surface area contributed by atoms with E-state index in [0.717, 1.165) is 18.5 Å². The normalized spacial score (nSPS) is 12.8. The molecule has 0 saturated carbocycles. The lowest BCUT2D eigenvalue weighted by atomic mass is 10.1. The van der Waals surface area contributed by atoms with Crippen LogP contribution in [-0.2, 0) is 23.0 Å². The lowest BCUT2D eigenvalue weighted by Gasteiger charge is -2.15. The summed E-state index contributed by atoms with van der Waals surface area (Å²) in [6, 6.07) is 15.2. The van der Waals surface area contributed by atoms with Gasteiger partial charge in [0, 0.05) is 6.04 Å². The Bertz CT molecular complexity index is 760. The predicted molar refractivity (Wildman–Crippen MR) is 94.1 cm³/mol. The van der Waals surface area contributed by atoms with E-state index in [9.17, 15) is 13.0 Å². The van der Waals surface area contributed by atoms with Gasteiger partial charge in [-0.15, -0.1) is 0 Å². The second-order valence-corrected chi connectivity index (χ2v) is 7.15. The van der Waals surface area contributed by atoms with Crippen molar-refractivity contribution in [1.82, 2.24) is 5.32 Å². The van der Waals surface area contributed by atoms with Gasteiger partial charge in [0.1, 0.15) is 10.6 Å². The zero-order valence-corrected chi connectivity index (χ0v) is 14.7. The Hall–Kier alpha value is -1.89. The van der Waals surface area contributed by atoms with E-state index in [4.69, 9.17) is 4.74 Å². The summed E-state index contributed by atoms with van der Waals surface area (Å²) in [4.78, 5) is -0.195. The molecule has 0 aliphatic carbocycles. The number of hydrogen-bond donors (Lipinski definition) is 2. The van der Waals surface area contributed by atoms with Gasteiger partial charge in [0.05, 0.1) is 7.11 Å². The first-order valence-electron chi connectivity index (χ1n) is 7.82. The fourth-order valence-electron chi connectivity index (χ4n) is 2.58. The molecule has 6 heteroatoms. The molecule has 0 aliphatic heterocycles. The maximum absolute atomic E-state index is 11.4. The maximum Gasteiger partial charge on any atom is 0.298 e. The van der Waals surface area contributed by atoms with Crippen LogP contribution in [0.25, 0.3) is 0 Å². The summed E-state index contributed by atoms with van der Waals surface area (Å²) in [7, 11) is -2.93. The first-order valence-corrected chi connectivity index (χ1v) is 9.26. The monoisotopic (exact) mass is 349 g/mol. The molecule has 2 rings (SSSR count). The van der Waals surface area contributed by atoms with Crippen LogP contribution >= 0.6 is 0 Å². The van der Waals surface area contributed by atoms with Gasteiger partial charge < -0.3 is 10.1 Å². The number of methoxy groups -OCH3 is 1. The highest BCUT2D eigenvalue weighted by Crippen LogP contribution is 2.25. The molecule has 0 aromatic heterocycles. The van der Waals surface area contributed by atoms with Crippen LogP contribution in [0, 0.1) is 0 Å². The maximum atomic E-state index is 11.4. The zero-order chi connectivity index (χ0) is 17.6. The number of ether oxygens (including phenoxy) is 1. The molecule has 24 heavy (non-hydrogen) atoms.